The number of nitrogens with zero attached hydrogens (tertiary/aromatic N) is 1. The largest absolute Gasteiger partial charge is 0.465 e. The third kappa shape index (κ3) is 5.32. The molecule has 3 N–H and O–H groups in total. The average molecular weight is 252 g/mol. The van der Waals surface area contributed by atoms with Gasteiger partial charge in [-0.25, -0.2) is 13.2 Å². The predicted molar refractivity (Wildman–Crippen MR) is 62.2 cm³/mol. The van der Waals surface area contributed by atoms with Gasteiger partial charge in [0.15, 0.2) is 9.84 Å². The van der Waals surface area contributed by atoms with Crippen LogP contribution in [0, 0.1) is 0 Å². The Morgan fingerprint density at radius 1 is 1.31 bits per heavy atom. The predicted octanol–water partition coefficient (Wildman–Crippen LogP) is 0.138. The van der Waals surface area contributed by atoms with Crippen molar-refractivity contribution < 1.29 is 18.3 Å². The lowest BCUT2D eigenvalue weighted by atomic mass is 10.1. The summed E-state index contributed by atoms with van der Waals surface area (Å²) >= 11 is 0. The Labute approximate surface area is 96.3 Å². The highest BCUT2D eigenvalue weighted by Crippen LogP contribution is 2.13. The third-order valence-electron chi connectivity index (χ3n) is 2.10. The van der Waals surface area contributed by atoms with Crippen molar-refractivity contribution in [1.29, 1.82) is 0 Å². The van der Waals surface area contributed by atoms with E-state index in [0.29, 0.717) is 0 Å². The van der Waals surface area contributed by atoms with Crippen LogP contribution in [0.2, 0.25) is 0 Å². The number of carbonyl (C=O) groups is 1. The summed E-state index contributed by atoms with van der Waals surface area (Å²) in [6, 6.07) is 0. The van der Waals surface area contributed by atoms with Crippen LogP contribution in [-0.2, 0) is 9.84 Å². The minimum atomic E-state index is -3.25. The van der Waals surface area contributed by atoms with E-state index in [1.807, 2.05) is 0 Å². The molecule has 0 saturated carbocycles. The zero-order valence-corrected chi connectivity index (χ0v) is 10.7. The monoisotopic (exact) mass is 252 g/mol. The fourth-order valence-corrected chi connectivity index (χ4v) is 2.25. The standard InChI is InChI=1S/C9H20N2O4S/c1-9(2,3)11(8(12)13)5-7-16(14,15)6-4-10/h4-7,10H2,1-3H3,(H,12,13). The lowest BCUT2D eigenvalue weighted by molar-refractivity contribution is 0.105. The van der Waals surface area contributed by atoms with Crippen LogP contribution in [0.4, 0.5) is 4.79 Å². The molecule has 96 valence electrons. The Bertz CT molecular complexity index is 332. The average Bonchev–Trinajstić information content (AvgIpc) is 1.99. The molecule has 7 heteroatoms. The molecule has 0 aromatic heterocycles. The zero-order chi connectivity index (χ0) is 13.0. The zero-order valence-electron chi connectivity index (χ0n) is 9.93. The van der Waals surface area contributed by atoms with Gasteiger partial charge < -0.3 is 15.7 Å². The molecule has 0 saturated heterocycles. The van der Waals surface area contributed by atoms with Crippen molar-refractivity contribution >= 4 is 15.9 Å². The second-order valence-corrected chi connectivity index (χ2v) is 6.85. The van der Waals surface area contributed by atoms with Crippen molar-refractivity contribution in [3.05, 3.63) is 0 Å². The summed E-state index contributed by atoms with van der Waals surface area (Å²) in [5, 5.41) is 8.94. The molecule has 0 fully saturated rings. The van der Waals surface area contributed by atoms with Crippen LogP contribution in [0.5, 0.6) is 0 Å². The molecular formula is C9H20N2O4S. The van der Waals surface area contributed by atoms with Gasteiger partial charge in [-0.15, -0.1) is 0 Å². The molecule has 6 nitrogen and oxygen atoms in total. The van der Waals surface area contributed by atoms with E-state index in [4.69, 9.17) is 10.8 Å². The van der Waals surface area contributed by atoms with Crippen LogP contribution in [0.1, 0.15) is 20.8 Å². The summed E-state index contributed by atoms with van der Waals surface area (Å²) in [6.45, 7) is 5.19. The van der Waals surface area contributed by atoms with Gasteiger partial charge in [0.1, 0.15) is 0 Å². The van der Waals surface area contributed by atoms with E-state index in [0.717, 1.165) is 4.90 Å². The Hall–Kier alpha value is -0.820. The molecule has 1 amide bonds. The summed E-state index contributed by atoms with van der Waals surface area (Å²) in [7, 11) is -3.25. The molecule has 0 heterocycles. The van der Waals surface area contributed by atoms with Crippen LogP contribution in [0.3, 0.4) is 0 Å². The topological polar surface area (TPSA) is 101 Å². The lowest BCUT2D eigenvalue weighted by Gasteiger charge is -2.32. The van der Waals surface area contributed by atoms with Gasteiger partial charge in [-0.3, -0.25) is 0 Å². The summed E-state index contributed by atoms with van der Waals surface area (Å²) in [6.07, 6.45) is -1.12. The second-order valence-electron chi connectivity index (χ2n) is 4.55. The van der Waals surface area contributed by atoms with Gasteiger partial charge in [0.2, 0.25) is 0 Å². The first-order valence-corrected chi connectivity index (χ1v) is 6.83. The van der Waals surface area contributed by atoms with Crippen LogP contribution in [0.15, 0.2) is 0 Å². The van der Waals surface area contributed by atoms with Crippen LogP contribution in [-0.4, -0.2) is 54.7 Å². The normalized spacial score (nSPS) is 12.5. The number of amides is 1. The Balaban J connectivity index is 4.52. The van der Waals surface area contributed by atoms with E-state index in [9.17, 15) is 13.2 Å². The molecule has 0 atom stereocenters. The molecule has 0 bridgehead atoms. The number of nitrogens with two attached hydrogens (primary N) is 1. The number of carboxylic acid groups (broad SMARTS) is 1. The third-order valence-corrected chi connectivity index (χ3v) is 3.76. The Morgan fingerprint density at radius 3 is 2.12 bits per heavy atom. The second kappa shape index (κ2) is 5.49. The van der Waals surface area contributed by atoms with Crippen LogP contribution < -0.4 is 5.73 Å². The highest BCUT2D eigenvalue weighted by molar-refractivity contribution is 7.91. The Kier molecular flexibility index (Phi) is 5.21. The maximum atomic E-state index is 11.4. The van der Waals surface area contributed by atoms with Crippen molar-refractivity contribution in [3.8, 4) is 0 Å². The van der Waals surface area contributed by atoms with Crippen LogP contribution in [0.25, 0.3) is 0 Å². The van der Waals surface area contributed by atoms with Crippen molar-refractivity contribution in [3.63, 3.8) is 0 Å². The number of sulfone groups is 1. The number of hydrogen-bond acceptors (Lipinski definition) is 4. The molecule has 0 radical (unpaired) electrons. The molecule has 0 unspecified atom stereocenters. The van der Waals surface area contributed by atoms with E-state index < -0.39 is 21.5 Å². The number of hydrogen-bond donors (Lipinski definition) is 2. The fraction of sp³-hybridized carbons (Fsp3) is 0.889. The first-order valence-electron chi connectivity index (χ1n) is 5.01. The molecule has 0 aromatic rings. The Morgan fingerprint density at radius 2 is 1.81 bits per heavy atom. The minimum Gasteiger partial charge on any atom is -0.465 e. The van der Waals surface area contributed by atoms with Crippen molar-refractivity contribution in [1.82, 2.24) is 4.90 Å². The van der Waals surface area contributed by atoms with E-state index in [1.165, 1.54) is 0 Å². The molecular weight excluding hydrogens is 232 g/mol. The molecule has 0 spiro atoms. The maximum Gasteiger partial charge on any atom is 0.407 e. The van der Waals surface area contributed by atoms with Gasteiger partial charge in [0.05, 0.1) is 11.5 Å². The van der Waals surface area contributed by atoms with Gasteiger partial charge in [-0.1, -0.05) is 0 Å². The summed E-state index contributed by atoms with van der Waals surface area (Å²) in [5.41, 5.74) is 4.55. The van der Waals surface area contributed by atoms with Gasteiger partial charge in [0.25, 0.3) is 0 Å². The summed E-state index contributed by atoms with van der Waals surface area (Å²) in [4.78, 5) is 12.0. The fourth-order valence-electron chi connectivity index (χ4n) is 1.23. The van der Waals surface area contributed by atoms with E-state index >= 15 is 0 Å². The van der Waals surface area contributed by atoms with Gasteiger partial charge in [-0.05, 0) is 20.8 Å². The molecule has 0 rings (SSSR count). The van der Waals surface area contributed by atoms with Crippen LogP contribution >= 0.6 is 0 Å². The molecule has 0 aliphatic carbocycles. The molecule has 16 heavy (non-hydrogen) atoms. The maximum absolute atomic E-state index is 11.4. The smallest absolute Gasteiger partial charge is 0.407 e. The quantitative estimate of drug-likeness (QED) is 0.724. The van der Waals surface area contributed by atoms with Gasteiger partial charge in [0, 0.05) is 18.6 Å². The first kappa shape index (κ1) is 15.2. The van der Waals surface area contributed by atoms with E-state index in [1.54, 1.807) is 20.8 Å². The number of rotatable bonds is 5. The molecule has 0 aliphatic rings. The minimum absolute atomic E-state index is 0.0266. The summed E-state index contributed by atoms with van der Waals surface area (Å²) in [5.74, 6) is -0.293. The van der Waals surface area contributed by atoms with E-state index in [-0.39, 0.29) is 24.6 Å². The van der Waals surface area contributed by atoms with Gasteiger partial charge >= 0.3 is 6.09 Å². The summed E-state index contributed by atoms with van der Waals surface area (Å²) < 4.78 is 22.8. The van der Waals surface area contributed by atoms with Crippen molar-refractivity contribution in [2.75, 3.05) is 24.6 Å². The lowest BCUT2D eigenvalue weighted by Crippen LogP contribution is -2.47. The SMILES string of the molecule is CC(C)(C)N(CCS(=O)(=O)CCN)C(=O)O. The van der Waals surface area contributed by atoms with Crippen molar-refractivity contribution in [2.45, 2.75) is 26.3 Å². The first-order chi connectivity index (χ1) is 7.10. The molecule has 0 aliphatic heterocycles. The van der Waals surface area contributed by atoms with Gasteiger partial charge in [-0.2, -0.15) is 0 Å². The highest BCUT2D eigenvalue weighted by Gasteiger charge is 2.27. The van der Waals surface area contributed by atoms with E-state index in [2.05, 4.69) is 0 Å². The molecule has 0 aromatic carbocycles. The highest BCUT2D eigenvalue weighted by atomic mass is 32.2. The van der Waals surface area contributed by atoms with Crippen molar-refractivity contribution in [2.24, 2.45) is 5.73 Å².